The van der Waals surface area contributed by atoms with Crippen LogP contribution in [0.4, 0.5) is 0 Å². The number of rotatable bonds is 9. The highest BCUT2D eigenvalue weighted by molar-refractivity contribution is 7.89. The van der Waals surface area contributed by atoms with Gasteiger partial charge in [0.15, 0.2) is 0 Å². The molecule has 1 heterocycles. The number of benzene rings is 2. The van der Waals surface area contributed by atoms with Crippen molar-refractivity contribution in [3.05, 3.63) is 65.7 Å². The molecule has 1 aliphatic heterocycles. The molecule has 1 aliphatic rings. The summed E-state index contributed by atoms with van der Waals surface area (Å²) in [5.74, 6) is -0.590. The van der Waals surface area contributed by atoms with E-state index in [4.69, 9.17) is 5.26 Å². The Morgan fingerprint density at radius 1 is 1.12 bits per heavy atom. The van der Waals surface area contributed by atoms with E-state index in [1.165, 1.54) is 17.0 Å². The summed E-state index contributed by atoms with van der Waals surface area (Å²) >= 11 is 0. The van der Waals surface area contributed by atoms with Gasteiger partial charge in [0.2, 0.25) is 21.8 Å². The summed E-state index contributed by atoms with van der Waals surface area (Å²) in [5.41, 5.74) is 1.38. The maximum atomic E-state index is 13.4. The molecule has 3 rings (SSSR count). The normalized spacial score (nSPS) is 16.8. The Morgan fingerprint density at radius 3 is 2.41 bits per heavy atom. The van der Waals surface area contributed by atoms with Crippen LogP contribution in [0, 0.1) is 17.2 Å². The Hall–Kier alpha value is -3.22. The number of nitriles is 1. The van der Waals surface area contributed by atoms with Crippen molar-refractivity contribution in [2.75, 3.05) is 6.54 Å². The zero-order chi connectivity index (χ0) is 24.7. The third-order valence-corrected chi connectivity index (χ3v) is 7.23. The van der Waals surface area contributed by atoms with Gasteiger partial charge in [0.25, 0.3) is 0 Å². The first-order valence-electron chi connectivity index (χ1n) is 11.4. The molecular weight excluding hydrogens is 452 g/mol. The fourth-order valence-corrected chi connectivity index (χ4v) is 5.26. The van der Waals surface area contributed by atoms with E-state index in [0.717, 1.165) is 5.56 Å². The number of hydrogen-bond donors (Lipinski definition) is 2. The Morgan fingerprint density at radius 2 is 1.79 bits per heavy atom. The van der Waals surface area contributed by atoms with Gasteiger partial charge in [-0.15, -0.1) is 0 Å². The van der Waals surface area contributed by atoms with Gasteiger partial charge in [0.05, 0.1) is 16.5 Å². The molecule has 1 fully saturated rings. The fourth-order valence-electron chi connectivity index (χ4n) is 4.03. The zero-order valence-electron chi connectivity index (χ0n) is 19.4. The van der Waals surface area contributed by atoms with E-state index in [2.05, 4.69) is 16.1 Å². The number of carbonyl (C=O) groups is 2. The molecule has 34 heavy (non-hydrogen) atoms. The molecule has 0 unspecified atom stereocenters. The molecule has 0 aromatic heterocycles. The minimum Gasteiger partial charge on any atom is -0.350 e. The number of nitrogens with zero attached hydrogens (tertiary/aromatic N) is 2. The van der Waals surface area contributed by atoms with Crippen LogP contribution >= 0.6 is 0 Å². The van der Waals surface area contributed by atoms with Gasteiger partial charge in [-0.1, -0.05) is 44.2 Å². The molecule has 2 aromatic rings. The van der Waals surface area contributed by atoms with Crippen LogP contribution in [0.3, 0.4) is 0 Å². The van der Waals surface area contributed by atoms with Crippen molar-refractivity contribution in [3.8, 4) is 6.07 Å². The lowest BCUT2D eigenvalue weighted by Gasteiger charge is -2.29. The van der Waals surface area contributed by atoms with E-state index in [1.54, 1.807) is 42.5 Å². The predicted octanol–water partition coefficient (Wildman–Crippen LogP) is 2.56. The smallest absolute Gasteiger partial charge is 0.243 e. The molecule has 2 amide bonds. The highest BCUT2D eigenvalue weighted by atomic mass is 32.2. The van der Waals surface area contributed by atoms with E-state index in [1.807, 2.05) is 13.8 Å². The molecule has 0 aliphatic carbocycles. The van der Waals surface area contributed by atoms with Crippen LogP contribution in [0.15, 0.2) is 59.5 Å². The van der Waals surface area contributed by atoms with Crippen LogP contribution < -0.4 is 10.0 Å². The minimum atomic E-state index is -3.89. The summed E-state index contributed by atoms with van der Waals surface area (Å²) in [5, 5.41) is 11.8. The van der Waals surface area contributed by atoms with Crippen molar-refractivity contribution in [3.63, 3.8) is 0 Å². The second-order valence-electron chi connectivity index (χ2n) is 8.83. The molecule has 0 saturated carbocycles. The SMILES string of the molecule is CC(C)C[C@H](NS(=O)(=O)c1ccccc1)C(=O)N1CCC[C@H]1C(=O)NCc1ccc(C#N)cc1. The summed E-state index contributed by atoms with van der Waals surface area (Å²) in [6, 6.07) is 15.3. The standard InChI is InChI=1S/C25H30N4O4S/c1-18(2)15-22(28-34(32,33)21-7-4-3-5-8-21)25(31)29-14-6-9-23(29)24(30)27-17-20-12-10-19(16-26)11-13-20/h3-5,7-8,10-13,18,22-23,28H,6,9,14-15,17H2,1-2H3,(H,27,30)/t22-,23-/m0/s1. The first-order chi connectivity index (χ1) is 16.2. The molecule has 2 atom stereocenters. The second kappa shape index (κ2) is 11.3. The van der Waals surface area contributed by atoms with Gasteiger partial charge in [0.1, 0.15) is 12.1 Å². The summed E-state index contributed by atoms with van der Waals surface area (Å²) in [7, 11) is -3.89. The van der Waals surface area contributed by atoms with Crippen LogP contribution in [0.2, 0.25) is 0 Å². The highest BCUT2D eigenvalue weighted by Gasteiger charge is 2.38. The number of amides is 2. The minimum absolute atomic E-state index is 0.0682. The van der Waals surface area contributed by atoms with Crippen molar-refractivity contribution in [2.45, 2.75) is 56.6 Å². The monoisotopic (exact) mass is 482 g/mol. The first kappa shape index (κ1) is 25.4. The van der Waals surface area contributed by atoms with Gasteiger partial charge < -0.3 is 10.2 Å². The number of carbonyl (C=O) groups excluding carboxylic acids is 2. The molecule has 2 N–H and O–H groups in total. The summed E-state index contributed by atoms with van der Waals surface area (Å²) in [6.07, 6.45) is 1.51. The molecule has 180 valence electrons. The third kappa shape index (κ3) is 6.43. The second-order valence-corrected chi connectivity index (χ2v) is 10.5. The summed E-state index contributed by atoms with van der Waals surface area (Å²) in [6.45, 7) is 4.51. The number of likely N-dealkylation sites (tertiary alicyclic amines) is 1. The Kier molecular flexibility index (Phi) is 8.42. The number of nitrogens with one attached hydrogen (secondary N) is 2. The van der Waals surface area contributed by atoms with Crippen LogP contribution in [-0.2, 0) is 26.2 Å². The van der Waals surface area contributed by atoms with Crippen molar-refractivity contribution in [2.24, 2.45) is 5.92 Å². The van der Waals surface area contributed by atoms with Crippen LogP contribution in [0.1, 0.15) is 44.2 Å². The van der Waals surface area contributed by atoms with Crippen molar-refractivity contribution >= 4 is 21.8 Å². The quantitative estimate of drug-likeness (QED) is 0.569. The van der Waals surface area contributed by atoms with E-state index >= 15 is 0 Å². The van der Waals surface area contributed by atoms with Crippen molar-refractivity contribution in [1.82, 2.24) is 14.9 Å². The molecule has 1 saturated heterocycles. The Labute approximate surface area is 201 Å². The van der Waals surface area contributed by atoms with Crippen molar-refractivity contribution in [1.29, 1.82) is 5.26 Å². The fraction of sp³-hybridized carbons (Fsp3) is 0.400. The van der Waals surface area contributed by atoms with Gasteiger partial charge >= 0.3 is 0 Å². The average Bonchev–Trinajstić information content (AvgIpc) is 3.32. The van der Waals surface area contributed by atoms with E-state index < -0.39 is 22.1 Å². The van der Waals surface area contributed by atoms with E-state index in [0.29, 0.717) is 31.4 Å². The lowest BCUT2D eigenvalue weighted by Crippen LogP contribution is -2.53. The molecule has 2 aromatic carbocycles. The van der Waals surface area contributed by atoms with Gasteiger partial charge in [-0.25, -0.2) is 8.42 Å². The predicted molar refractivity (Wildman–Crippen MR) is 128 cm³/mol. The van der Waals surface area contributed by atoms with Crippen molar-refractivity contribution < 1.29 is 18.0 Å². The Balaban J connectivity index is 1.70. The van der Waals surface area contributed by atoms with Crippen LogP contribution in [0.25, 0.3) is 0 Å². The third-order valence-electron chi connectivity index (χ3n) is 5.74. The maximum absolute atomic E-state index is 13.4. The first-order valence-corrected chi connectivity index (χ1v) is 12.8. The maximum Gasteiger partial charge on any atom is 0.243 e. The molecule has 9 heteroatoms. The molecule has 0 radical (unpaired) electrons. The lowest BCUT2D eigenvalue weighted by molar-refractivity contribution is -0.140. The largest absolute Gasteiger partial charge is 0.350 e. The van der Waals surface area contributed by atoms with E-state index in [-0.39, 0.29) is 29.2 Å². The van der Waals surface area contributed by atoms with Gasteiger partial charge in [-0.2, -0.15) is 9.98 Å². The highest BCUT2D eigenvalue weighted by Crippen LogP contribution is 2.22. The van der Waals surface area contributed by atoms with Gasteiger partial charge in [-0.3, -0.25) is 9.59 Å². The van der Waals surface area contributed by atoms with Gasteiger partial charge in [-0.05, 0) is 55.0 Å². The summed E-state index contributed by atoms with van der Waals surface area (Å²) < 4.78 is 28.3. The van der Waals surface area contributed by atoms with Crippen LogP contribution in [-0.4, -0.2) is 43.8 Å². The molecule has 0 spiro atoms. The van der Waals surface area contributed by atoms with E-state index in [9.17, 15) is 18.0 Å². The van der Waals surface area contributed by atoms with Crippen LogP contribution in [0.5, 0.6) is 0 Å². The molecule has 8 nitrogen and oxygen atoms in total. The molecular formula is C25H30N4O4S. The summed E-state index contributed by atoms with van der Waals surface area (Å²) in [4.78, 5) is 27.9. The average molecular weight is 483 g/mol. The topological polar surface area (TPSA) is 119 Å². The van der Waals surface area contributed by atoms with Gasteiger partial charge in [0, 0.05) is 13.1 Å². The number of hydrogen-bond acceptors (Lipinski definition) is 5. The molecule has 0 bridgehead atoms. The zero-order valence-corrected chi connectivity index (χ0v) is 20.2. The Bertz CT molecular complexity index is 1140. The lowest BCUT2D eigenvalue weighted by atomic mass is 10.0. The number of sulfonamides is 1.